The first-order chi connectivity index (χ1) is 12.5. The van der Waals surface area contributed by atoms with Gasteiger partial charge in [0.25, 0.3) is 0 Å². The molecule has 2 atom stereocenters. The van der Waals surface area contributed by atoms with Gasteiger partial charge in [0, 0.05) is 40.0 Å². The first-order valence-corrected chi connectivity index (χ1v) is 10.4. The maximum atomic E-state index is 6.20. The van der Waals surface area contributed by atoms with Gasteiger partial charge in [0.2, 0.25) is 0 Å². The first-order valence-electron chi connectivity index (χ1n) is 8.64. The van der Waals surface area contributed by atoms with Gasteiger partial charge in [0.15, 0.2) is 0 Å². The summed E-state index contributed by atoms with van der Waals surface area (Å²) in [6.45, 7) is 5.51. The SMILES string of the molecule is CC(Cn1ccnc1)C(C)SCc1ccc(Cl)cc1Cl.c1cc2ccc1=2. The van der Waals surface area contributed by atoms with E-state index >= 15 is 0 Å². The van der Waals surface area contributed by atoms with Gasteiger partial charge in [0.05, 0.1) is 6.33 Å². The molecule has 0 amide bonds. The second-order valence-electron chi connectivity index (χ2n) is 6.57. The van der Waals surface area contributed by atoms with E-state index in [2.05, 4.69) is 47.7 Å². The monoisotopic (exact) mass is 404 g/mol. The Labute approximate surface area is 168 Å². The Balaban J connectivity index is 0.000000269. The molecule has 1 aromatic carbocycles. The highest BCUT2D eigenvalue weighted by molar-refractivity contribution is 7.99. The van der Waals surface area contributed by atoms with E-state index in [9.17, 15) is 0 Å². The Hall–Kier alpha value is -1.42. The van der Waals surface area contributed by atoms with Gasteiger partial charge in [-0.2, -0.15) is 11.8 Å². The highest BCUT2D eigenvalue weighted by Crippen LogP contribution is 2.29. The molecular formula is C21H22Cl2N2S. The van der Waals surface area contributed by atoms with Gasteiger partial charge in [-0.05, 0) is 34.1 Å². The first kappa shape index (κ1) is 19.3. The zero-order valence-electron chi connectivity index (χ0n) is 14.9. The number of aromatic nitrogens is 2. The lowest BCUT2D eigenvalue weighted by molar-refractivity contribution is 0.478. The van der Waals surface area contributed by atoms with E-state index in [4.69, 9.17) is 23.2 Å². The molecule has 1 heterocycles. The number of nitrogens with zero attached hydrogens (tertiary/aromatic N) is 2. The van der Waals surface area contributed by atoms with Crippen molar-refractivity contribution in [3.05, 3.63) is 87.2 Å². The van der Waals surface area contributed by atoms with Crippen molar-refractivity contribution in [2.75, 3.05) is 0 Å². The molecule has 2 aromatic rings. The van der Waals surface area contributed by atoms with Crippen molar-refractivity contribution in [3.63, 3.8) is 0 Å². The van der Waals surface area contributed by atoms with Crippen molar-refractivity contribution in [3.8, 4) is 0 Å². The minimum absolute atomic E-state index is 0.546. The summed E-state index contributed by atoms with van der Waals surface area (Å²) in [5, 5.41) is 4.83. The molecule has 2 nitrogen and oxygen atoms in total. The van der Waals surface area contributed by atoms with Gasteiger partial charge in [0.1, 0.15) is 0 Å². The molecule has 2 aliphatic rings. The summed E-state index contributed by atoms with van der Waals surface area (Å²) >= 11 is 14.0. The smallest absolute Gasteiger partial charge is 0.0946 e. The fourth-order valence-corrected chi connectivity index (χ4v) is 4.23. The summed E-state index contributed by atoms with van der Waals surface area (Å²) in [6, 6.07) is 14.2. The lowest BCUT2D eigenvalue weighted by Crippen LogP contribution is -2.16. The second-order valence-corrected chi connectivity index (χ2v) is 8.78. The van der Waals surface area contributed by atoms with Crippen LogP contribution in [0.2, 0.25) is 10.0 Å². The van der Waals surface area contributed by atoms with Crippen LogP contribution in [0.3, 0.4) is 0 Å². The minimum atomic E-state index is 0.546. The standard InChI is InChI=1S/C15H18Cl2N2S.C6H4/c1-11(8-19-6-5-18-10-19)12(2)20-9-13-3-4-14(16)7-15(13)17;1-2-6-4-3-5(1)6/h3-7,10-12H,8-9H2,1-2H3;1-4H. The number of thioether (sulfide) groups is 1. The molecule has 0 saturated carbocycles. The summed E-state index contributed by atoms with van der Waals surface area (Å²) in [5.74, 6) is 1.48. The highest BCUT2D eigenvalue weighted by Gasteiger charge is 2.14. The molecule has 0 spiro atoms. The Kier molecular flexibility index (Phi) is 6.68. The Morgan fingerprint density at radius 3 is 2.23 bits per heavy atom. The summed E-state index contributed by atoms with van der Waals surface area (Å²) in [6.07, 6.45) is 5.69. The number of imidazole rings is 1. The normalized spacial score (nSPS) is 13.5. The molecule has 2 unspecified atom stereocenters. The van der Waals surface area contributed by atoms with Gasteiger partial charge >= 0.3 is 0 Å². The van der Waals surface area contributed by atoms with Crippen molar-refractivity contribution >= 4 is 35.0 Å². The average molecular weight is 405 g/mol. The summed E-state index contributed by atoms with van der Waals surface area (Å²) < 4.78 is 2.12. The van der Waals surface area contributed by atoms with Crippen molar-refractivity contribution in [1.82, 2.24) is 9.55 Å². The molecule has 0 fully saturated rings. The van der Waals surface area contributed by atoms with Crippen LogP contribution >= 0.6 is 35.0 Å². The maximum Gasteiger partial charge on any atom is 0.0946 e. The predicted octanol–water partition coefficient (Wildman–Crippen LogP) is 6.43. The Bertz CT molecular complexity index is 891. The highest BCUT2D eigenvalue weighted by atomic mass is 35.5. The molecule has 26 heavy (non-hydrogen) atoms. The third kappa shape index (κ3) is 5.06. The van der Waals surface area contributed by atoms with Crippen LogP contribution in [0.5, 0.6) is 0 Å². The molecule has 0 saturated heterocycles. The Morgan fingerprint density at radius 1 is 1.04 bits per heavy atom. The third-order valence-corrected chi connectivity index (χ3v) is 6.65. The van der Waals surface area contributed by atoms with E-state index in [1.54, 1.807) is 6.07 Å². The van der Waals surface area contributed by atoms with E-state index in [-0.39, 0.29) is 0 Å². The average Bonchev–Trinajstić information content (AvgIpc) is 3.10. The molecule has 4 rings (SSSR count). The maximum absolute atomic E-state index is 6.20. The largest absolute Gasteiger partial charge is 0.337 e. The van der Waals surface area contributed by atoms with E-state index in [0.29, 0.717) is 16.2 Å². The molecule has 2 aliphatic carbocycles. The second kappa shape index (κ2) is 8.98. The fourth-order valence-electron chi connectivity index (χ4n) is 2.56. The van der Waals surface area contributed by atoms with Gasteiger partial charge in [-0.15, -0.1) is 0 Å². The van der Waals surface area contributed by atoms with Crippen LogP contribution in [0.1, 0.15) is 19.4 Å². The topological polar surface area (TPSA) is 17.8 Å². The zero-order valence-corrected chi connectivity index (χ0v) is 17.2. The van der Waals surface area contributed by atoms with Crippen LogP contribution in [0.15, 0.2) is 61.2 Å². The molecule has 0 bridgehead atoms. The summed E-state index contributed by atoms with van der Waals surface area (Å²) in [5.41, 5.74) is 1.14. The number of hydrogen-bond acceptors (Lipinski definition) is 2. The van der Waals surface area contributed by atoms with Crippen LogP contribution < -0.4 is 0 Å². The van der Waals surface area contributed by atoms with Crippen LogP contribution in [-0.4, -0.2) is 14.8 Å². The van der Waals surface area contributed by atoms with E-state index < -0.39 is 0 Å². The third-order valence-electron chi connectivity index (χ3n) is 4.59. The van der Waals surface area contributed by atoms with Crippen molar-refractivity contribution in [2.24, 2.45) is 5.92 Å². The van der Waals surface area contributed by atoms with Crippen LogP contribution in [0, 0.1) is 16.4 Å². The number of halogens is 2. The van der Waals surface area contributed by atoms with E-state index in [1.807, 2.05) is 42.6 Å². The number of benzene rings is 2. The molecule has 0 aliphatic heterocycles. The number of rotatable bonds is 6. The van der Waals surface area contributed by atoms with Crippen molar-refractivity contribution in [1.29, 1.82) is 0 Å². The van der Waals surface area contributed by atoms with E-state index in [0.717, 1.165) is 22.9 Å². The number of hydrogen-bond donors (Lipinski definition) is 0. The summed E-state index contributed by atoms with van der Waals surface area (Å²) in [7, 11) is 0. The molecule has 136 valence electrons. The quantitative estimate of drug-likeness (QED) is 0.368. The predicted molar refractivity (Wildman–Crippen MR) is 113 cm³/mol. The van der Waals surface area contributed by atoms with Crippen molar-refractivity contribution in [2.45, 2.75) is 31.4 Å². The molecule has 0 radical (unpaired) electrons. The van der Waals surface area contributed by atoms with Crippen LogP contribution in [0.25, 0.3) is 0 Å². The summed E-state index contributed by atoms with van der Waals surface area (Å²) in [4.78, 5) is 4.07. The lowest BCUT2D eigenvalue weighted by Gasteiger charge is -2.20. The Morgan fingerprint density at radius 2 is 1.73 bits per heavy atom. The van der Waals surface area contributed by atoms with Gasteiger partial charge < -0.3 is 4.57 Å². The molecular weight excluding hydrogens is 383 g/mol. The van der Waals surface area contributed by atoms with Crippen LogP contribution in [-0.2, 0) is 12.3 Å². The van der Waals surface area contributed by atoms with Crippen molar-refractivity contribution < 1.29 is 0 Å². The molecule has 0 N–H and O–H groups in total. The lowest BCUT2D eigenvalue weighted by atomic mass is 10.1. The van der Waals surface area contributed by atoms with Gasteiger partial charge in [-0.1, -0.05) is 67.4 Å². The zero-order chi connectivity index (χ0) is 18.5. The fraction of sp³-hybridized carbons (Fsp3) is 0.286. The van der Waals surface area contributed by atoms with Gasteiger partial charge in [-0.25, -0.2) is 4.98 Å². The van der Waals surface area contributed by atoms with Gasteiger partial charge in [-0.3, -0.25) is 0 Å². The molecule has 5 heteroatoms. The minimum Gasteiger partial charge on any atom is -0.337 e. The van der Waals surface area contributed by atoms with E-state index in [1.165, 1.54) is 10.4 Å². The van der Waals surface area contributed by atoms with Crippen LogP contribution in [0.4, 0.5) is 0 Å². The molecule has 1 aromatic heterocycles.